The molecular formula is C16H20F3NO2. The summed E-state index contributed by atoms with van der Waals surface area (Å²) in [4.78, 5) is 13.9. The summed E-state index contributed by atoms with van der Waals surface area (Å²) in [6, 6.07) is 5.19. The van der Waals surface area contributed by atoms with Gasteiger partial charge in [0.15, 0.2) is 0 Å². The van der Waals surface area contributed by atoms with E-state index in [4.69, 9.17) is 4.74 Å². The first-order valence-electron chi connectivity index (χ1n) is 7.45. The molecule has 3 nitrogen and oxygen atoms in total. The van der Waals surface area contributed by atoms with Gasteiger partial charge in [0.2, 0.25) is 0 Å². The predicted octanol–water partition coefficient (Wildman–Crippen LogP) is 3.48. The topological polar surface area (TPSA) is 29.5 Å². The fraction of sp³-hybridized carbons (Fsp3) is 0.562. The molecule has 0 bridgehead atoms. The Bertz CT molecular complexity index is 499. The van der Waals surface area contributed by atoms with E-state index in [1.165, 1.54) is 12.1 Å². The number of ether oxygens (including phenoxy) is 1. The summed E-state index contributed by atoms with van der Waals surface area (Å²) in [5.41, 5.74) is 0.178. The number of nitrogens with zero attached hydrogens (tertiary/aromatic N) is 1. The Kier molecular flexibility index (Phi) is 5.45. The third kappa shape index (κ3) is 4.47. The van der Waals surface area contributed by atoms with Crippen LogP contribution >= 0.6 is 0 Å². The Morgan fingerprint density at radius 1 is 1.32 bits per heavy atom. The summed E-state index contributed by atoms with van der Waals surface area (Å²) < 4.78 is 42.6. The Morgan fingerprint density at radius 3 is 2.59 bits per heavy atom. The van der Waals surface area contributed by atoms with Gasteiger partial charge in [-0.3, -0.25) is 9.69 Å². The van der Waals surface area contributed by atoms with Crippen molar-refractivity contribution in [3.05, 3.63) is 35.4 Å². The van der Waals surface area contributed by atoms with Gasteiger partial charge >= 0.3 is 12.1 Å². The van der Waals surface area contributed by atoms with Crippen molar-refractivity contribution in [2.24, 2.45) is 5.92 Å². The molecule has 0 spiro atoms. The van der Waals surface area contributed by atoms with Crippen molar-refractivity contribution in [2.75, 3.05) is 19.7 Å². The monoisotopic (exact) mass is 315 g/mol. The number of hydrogen-bond donors (Lipinski definition) is 0. The smallest absolute Gasteiger partial charge is 0.416 e. The van der Waals surface area contributed by atoms with Crippen molar-refractivity contribution in [1.82, 2.24) is 4.90 Å². The molecule has 0 aliphatic carbocycles. The SMILES string of the molecule is CCOC(=O)C1CCCN(Cc2ccc(C(F)(F)F)cc2)C1. The fourth-order valence-electron chi connectivity index (χ4n) is 2.71. The van der Waals surface area contributed by atoms with Gasteiger partial charge in [0.05, 0.1) is 18.1 Å². The van der Waals surface area contributed by atoms with E-state index in [0.29, 0.717) is 19.7 Å². The molecule has 6 heteroatoms. The van der Waals surface area contributed by atoms with Crippen LogP contribution in [0.4, 0.5) is 13.2 Å². The fourth-order valence-corrected chi connectivity index (χ4v) is 2.71. The maximum absolute atomic E-state index is 12.5. The highest BCUT2D eigenvalue weighted by Crippen LogP contribution is 2.29. The van der Waals surface area contributed by atoms with Crippen LogP contribution in [-0.4, -0.2) is 30.6 Å². The van der Waals surface area contributed by atoms with Crippen molar-refractivity contribution in [3.63, 3.8) is 0 Å². The summed E-state index contributed by atoms with van der Waals surface area (Å²) in [5.74, 6) is -0.317. The molecule has 1 fully saturated rings. The normalized spacial score (nSPS) is 19.9. The highest BCUT2D eigenvalue weighted by atomic mass is 19.4. The minimum Gasteiger partial charge on any atom is -0.466 e. The van der Waals surface area contributed by atoms with Crippen LogP contribution in [-0.2, 0) is 22.3 Å². The molecule has 0 N–H and O–H groups in total. The number of halogens is 3. The van der Waals surface area contributed by atoms with E-state index in [1.54, 1.807) is 6.92 Å². The molecule has 1 aromatic carbocycles. The van der Waals surface area contributed by atoms with Gasteiger partial charge in [-0.2, -0.15) is 13.2 Å². The number of piperidine rings is 1. The second-order valence-corrected chi connectivity index (χ2v) is 5.52. The number of carbonyl (C=O) groups excluding carboxylic acids is 1. The molecule has 1 heterocycles. The van der Waals surface area contributed by atoms with E-state index in [0.717, 1.165) is 37.1 Å². The summed E-state index contributed by atoms with van der Waals surface area (Å²) in [6.07, 6.45) is -2.61. The highest BCUT2D eigenvalue weighted by Gasteiger charge is 2.30. The van der Waals surface area contributed by atoms with Gasteiger partial charge in [0.1, 0.15) is 0 Å². The van der Waals surface area contributed by atoms with Gasteiger partial charge in [0.25, 0.3) is 0 Å². The molecule has 0 aromatic heterocycles. The number of benzene rings is 1. The van der Waals surface area contributed by atoms with Crippen LogP contribution in [0.2, 0.25) is 0 Å². The summed E-state index contributed by atoms with van der Waals surface area (Å²) in [5, 5.41) is 0. The van der Waals surface area contributed by atoms with Crippen LogP contribution < -0.4 is 0 Å². The van der Waals surface area contributed by atoms with Crippen LogP contribution in [0.25, 0.3) is 0 Å². The Labute approximate surface area is 128 Å². The van der Waals surface area contributed by atoms with Gasteiger partial charge in [0, 0.05) is 13.1 Å². The van der Waals surface area contributed by atoms with Crippen molar-refractivity contribution in [2.45, 2.75) is 32.5 Å². The molecule has 1 unspecified atom stereocenters. The third-order valence-electron chi connectivity index (χ3n) is 3.81. The van der Waals surface area contributed by atoms with Crippen molar-refractivity contribution >= 4 is 5.97 Å². The van der Waals surface area contributed by atoms with Crippen molar-refractivity contribution < 1.29 is 22.7 Å². The van der Waals surface area contributed by atoms with Crippen LogP contribution in [0.3, 0.4) is 0 Å². The minimum absolute atomic E-state index is 0.136. The third-order valence-corrected chi connectivity index (χ3v) is 3.81. The summed E-state index contributed by atoms with van der Waals surface area (Å²) in [6.45, 7) is 4.14. The van der Waals surface area contributed by atoms with Crippen molar-refractivity contribution in [1.29, 1.82) is 0 Å². The first-order chi connectivity index (χ1) is 10.4. The van der Waals surface area contributed by atoms with Crippen LogP contribution in [0.5, 0.6) is 0 Å². The molecule has 2 rings (SSSR count). The lowest BCUT2D eigenvalue weighted by Crippen LogP contribution is -2.38. The van der Waals surface area contributed by atoms with E-state index in [-0.39, 0.29) is 11.9 Å². The molecule has 1 aliphatic heterocycles. The molecule has 122 valence electrons. The van der Waals surface area contributed by atoms with E-state index >= 15 is 0 Å². The van der Waals surface area contributed by atoms with E-state index in [1.807, 2.05) is 0 Å². The second-order valence-electron chi connectivity index (χ2n) is 5.52. The minimum atomic E-state index is -4.31. The largest absolute Gasteiger partial charge is 0.466 e. The molecule has 1 aromatic rings. The first-order valence-corrected chi connectivity index (χ1v) is 7.45. The van der Waals surface area contributed by atoms with Gasteiger partial charge in [-0.25, -0.2) is 0 Å². The molecule has 1 aliphatic rings. The zero-order valence-electron chi connectivity index (χ0n) is 12.5. The lowest BCUT2D eigenvalue weighted by Gasteiger charge is -2.31. The Morgan fingerprint density at radius 2 is 2.00 bits per heavy atom. The molecule has 22 heavy (non-hydrogen) atoms. The number of carbonyl (C=O) groups is 1. The number of likely N-dealkylation sites (tertiary alicyclic amines) is 1. The zero-order chi connectivity index (χ0) is 16.2. The number of alkyl halides is 3. The van der Waals surface area contributed by atoms with E-state index in [2.05, 4.69) is 4.90 Å². The Balaban J connectivity index is 1.94. The van der Waals surface area contributed by atoms with Crippen LogP contribution in [0, 0.1) is 5.92 Å². The lowest BCUT2D eigenvalue weighted by molar-refractivity contribution is -0.150. The van der Waals surface area contributed by atoms with Gasteiger partial charge in [-0.15, -0.1) is 0 Å². The van der Waals surface area contributed by atoms with Gasteiger partial charge < -0.3 is 4.74 Å². The Hall–Kier alpha value is -1.56. The molecule has 0 amide bonds. The predicted molar refractivity (Wildman–Crippen MR) is 76.1 cm³/mol. The van der Waals surface area contributed by atoms with Crippen LogP contribution in [0.15, 0.2) is 24.3 Å². The van der Waals surface area contributed by atoms with E-state index in [9.17, 15) is 18.0 Å². The second kappa shape index (κ2) is 7.13. The number of rotatable bonds is 4. The molecule has 1 saturated heterocycles. The maximum atomic E-state index is 12.5. The standard InChI is InChI=1S/C16H20F3NO2/c1-2-22-15(21)13-4-3-9-20(11-13)10-12-5-7-14(8-6-12)16(17,18)19/h5-8,13H,2-4,9-11H2,1H3. The lowest BCUT2D eigenvalue weighted by atomic mass is 9.97. The average Bonchev–Trinajstić information content (AvgIpc) is 2.47. The number of hydrogen-bond acceptors (Lipinski definition) is 3. The maximum Gasteiger partial charge on any atom is 0.416 e. The van der Waals surface area contributed by atoms with Gasteiger partial charge in [-0.1, -0.05) is 12.1 Å². The summed E-state index contributed by atoms with van der Waals surface area (Å²) >= 11 is 0. The van der Waals surface area contributed by atoms with Crippen LogP contribution in [0.1, 0.15) is 30.9 Å². The van der Waals surface area contributed by atoms with E-state index < -0.39 is 11.7 Å². The molecule has 1 atom stereocenters. The molecule has 0 radical (unpaired) electrons. The molecular weight excluding hydrogens is 295 g/mol. The quantitative estimate of drug-likeness (QED) is 0.797. The summed E-state index contributed by atoms with van der Waals surface area (Å²) in [7, 11) is 0. The number of esters is 1. The van der Waals surface area contributed by atoms with Crippen molar-refractivity contribution in [3.8, 4) is 0 Å². The molecule has 0 saturated carbocycles. The van der Waals surface area contributed by atoms with Gasteiger partial charge in [-0.05, 0) is 44.0 Å². The first kappa shape index (κ1) is 16.8. The zero-order valence-corrected chi connectivity index (χ0v) is 12.5. The highest BCUT2D eigenvalue weighted by molar-refractivity contribution is 5.72. The average molecular weight is 315 g/mol.